The van der Waals surface area contributed by atoms with Gasteiger partial charge in [-0.15, -0.1) is 0 Å². The van der Waals surface area contributed by atoms with E-state index in [1.807, 2.05) is 19.0 Å². The Hall–Kier alpha value is -1.41. The molecule has 0 aromatic heterocycles. The summed E-state index contributed by atoms with van der Waals surface area (Å²) in [7, 11) is 3.89. The Bertz CT molecular complexity index is 648. The Labute approximate surface area is 165 Å². The van der Waals surface area contributed by atoms with E-state index in [2.05, 4.69) is 5.32 Å². The maximum absolute atomic E-state index is 12.9. The van der Waals surface area contributed by atoms with Gasteiger partial charge in [0, 0.05) is 36.4 Å². The van der Waals surface area contributed by atoms with Gasteiger partial charge in [-0.2, -0.15) is 11.8 Å². The Kier molecular flexibility index (Phi) is 6.92. The highest BCUT2D eigenvalue weighted by molar-refractivity contribution is 7.99. The Morgan fingerprint density at radius 3 is 2.59 bits per heavy atom. The van der Waals surface area contributed by atoms with Gasteiger partial charge in [0.25, 0.3) is 0 Å². The Morgan fingerprint density at radius 1 is 1.22 bits per heavy atom. The molecule has 0 bridgehead atoms. The highest BCUT2D eigenvalue weighted by Crippen LogP contribution is 2.39. The number of ketones is 1. The van der Waals surface area contributed by atoms with Crippen molar-refractivity contribution in [1.29, 1.82) is 0 Å². The molecule has 6 nitrogen and oxygen atoms in total. The van der Waals surface area contributed by atoms with E-state index in [1.54, 1.807) is 36.0 Å². The van der Waals surface area contributed by atoms with Crippen LogP contribution in [0.25, 0.3) is 0 Å². The SMILES string of the molecule is CN(C)CCC(=O)c1ccc(NC(=O)C2CSCCC23OCCCO3)cc1. The molecule has 2 saturated heterocycles. The molecule has 1 N–H and O–H groups in total. The minimum Gasteiger partial charge on any atom is -0.349 e. The summed E-state index contributed by atoms with van der Waals surface area (Å²) in [4.78, 5) is 27.0. The number of hydrogen-bond acceptors (Lipinski definition) is 6. The molecule has 1 aromatic rings. The fourth-order valence-corrected chi connectivity index (χ4v) is 4.60. The van der Waals surface area contributed by atoms with Crippen LogP contribution in [0.1, 0.15) is 29.6 Å². The first-order valence-corrected chi connectivity index (χ1v) is 10.6. The van der Waals surface area contributed by atoms with Crippen LogP contribution in [0.3, 0.4) is 0 Å². The number of carbonyl (C=O) groups is 2. The van der Waals surface area contributed by atoms with Crippen LogP contribution in [0.2, 0.25) is 0 Å². The van der Waals surface area contributed by atoms with Gasteiger partial charge in [0.05, 0.1) is 13.2 Å². The zero-order valence-corrected chi connectivity index (χ0v) is 16.8. The summed E-state index contributed by atoms with van der Waals surface area (Å²) < 4.78 is 11.9. The third kappa shape index (κ3) is 5.10. The largest absolute Gasteiger partial charge is 0.349 e. The number of hydrogen-bond donors (Lipinski definition) is 1. The summed E-state index contributed by atoms with van der Waals surface area (Å²) in [6.07, 6.45) is 2.08. The van der Waals surface area contributed by atoms with Gasteiger partial charge >= 0.3 is 0 Å². The standard InChI is InChI=1S/C20H28N2O4S/c1-22(2)10-8-18(23)15-4-6-16(7-5-15)21-19(24)17-14-27-13-9-20(17)25-11-3-12-26-20/h4-7,17H,3,8-14H2,1-2H3,(H,21,24). The monoisotopic (exact) mass is 392 g/mol. The topological polar surface area (TPSA) is 67.9 Å². The minimum atomic E-state index is -0.782. The number of nitrogens with one attached hydrogen (secondary N) is 1. The molecule has 1 unspecified atom stereocenters. The van der Waals surface area contributed by atoms with E-state index in [0.29, 0.717) is 36.6 Å². The van der Waals surface area contributed by atoms with E-state index in [9.17, 15) is 9.59 Å². The molecule has 148 valence electrons. The van der Waals surface area contributed by atoms with Crippen LogP contribution in [-0.4, -0.2) is 67.7 Å². The summed E-state index contributed by atoms with van der Waals surface area (Å²) in [5, 5.41) is 2.97. The molecule has 2 fully saturated rings. The van der Waals surface area contributed by atoms with Crippen molar-refractivity contribution in [2.24, 2.45) is 5.92 Å². The third-order valence-corrected chi connectivity index (χ3v) is 6.03. The van der Waals surface area contributed by atoms with Gasteiger partial charge in [-0.25, -0.2) is 0 Å². The summed E-state index contributed by atoms with van der Waals surface area (Å²) in [6, 6.07) is 7.11. The number of ether oxygens (including phenoxy) is 2. The van der Waals surface area contributed by atoms with Gasteiger partial charge in [-0.05, 0) is 50.5 Å². The van der Waals surface area contributed by atoms with Crippen LogP contribution in [-0.2, 0) is 14.3 Å². The highest BCUT2D eigenvalue weighted by Gasteiger charge is 2.48. The first-order chi connectivity index (χ1) is 13.0. The molecule has 1 aromatic carbocycles. The van der Waals surface area contributed by atoms with Crippen molar-refractivity contribution in [1.82, 2.24) is 4.90 Å². The van der Waals surface area contributed by atoms with Crippen molar-refractivity contribution in [3.8, 4) is 0 Å². The second-order valence-corrected chi connectivity index (χ2v) is 8.43. The number of amides is 1. The zero-order valence-electron chi connectivity index (χ0n) is 16.0. The van der Waals surface area contributed by atoms with Crippen molar-refractivity contribution >= 4 is 29.1 Å². The molecule has 0 radical (unpaired) electrons. The third-order valence-electron chi connectivity index (χ3n) is 4.97. The van der Waals surface area contributed by atoms with Gasteiger partial charge in [0.2, 0.25) is 5.91 Å². The van der Waals surface area contributed by atoms with Gasteiger partial charge in [0.15, 0.2) is 11.6 Å². The van der Waals surface area contributed by atoms with Crippen LogP contribution in [0.15, 0.2) is 24.3 Å². The lowest BCUT2D eigenvalue weighted by Gasteiger charge is -2.44. The molecule has 27 heavy (non-hydrogen) atoms. The van der Waals surface area contributed by atoms with Crippen molar-refractivity contribution in [3.63, 3.8) is 0 Å². The smallest absolute Gasteiger partial charge is 0.233 e. The van der Waals surface area contributed by atoms with Crippen LogP contribution < -0.4 is 5.32 Å². The Balaban J connectivity index is 1.62. The van der Waals surface area contributed by atoms with Gasteiger partial charge in [-0.1, -0.05) is 0 Å². The van der Waals surface area contributed by atoms with Crippen LogP contribution in [0.5, 0.6) is 0 Å². The van der Waals surface area contributed by atoms with E-state index in [1.165, 1.54) is 0 Å². The van der Waals surface area contributed by atoms with E-state index < -0.39 is 5.79 Å². The van der Waals surface area contributed by atoms with E-state index in [4.69, 9.17) is 9.47 Å². The summed E-state index contributed by atoms with van der Waals surface area (Å²) in [5.74, 6) is 0.526. The average molecular weight is 393 g/mol. The van der Waals surface area contributed by atoms with Crippen LogP contribution in [0.4, 0.5) is 5.69 Å². The molecule has 2 aliphatic heterocycles. The molecule has 0 aliphatic carbocycles. The number of benzene rings is 1. The fraction of sp³-hybridized carbons (Fsp3) is 0.600. The lowest BCUT2D eigenvalue weighted by molar-refractivity contribution is -0.287. The summed E-state index contributed by atoms with van der Waals surface area (Å²) in [6.45, 7) is 2.00. The minimum absolute atomic E-state index is 0.0872. The number of Topliss-reactive ketones (excluding diaryl/α,β-unsaturated/α-hetero) is 1. The number of anilines is 1. The van der Waals surface area contributed by atoms with Crippen molar-refractivity contribution in [2.75, 3.05) is 50.7 Å². The first-order valence-electron chi connectivity index (χ1n) is 9.45. The average Bonchev–Trinajstić information content (AvgIpc) is 2.67. The van der Waals surface area contributed by atoms with Crippen molar-refractivity contribution < 1.29 is 19.1 Å². The molecule has 1 atom stereocenters. The number of carbonyl (C=O) groups excluding carboxylic acids is 2. The number of nitrogens with zero attached hydrogens (tertiary/aromatic N) is 1. The fourth-order valence-electron chi connectivity index (χ4n) is 3.37. The number of thioether (sulfide) groups is 1. The lowest BCUT2D eigenvalue weighted by atomic mass is 9.95. The molecule has 7 heteroatoms. The second-order valence-electron chi connectivity index (χ2n) is 7.28. The highest BCUT2D eigenvalue weighted by atomic mass is 32.2. The molecular weight excluding hydrogens is 364 g/mol. The zero-order chi connectivity index (χ0) is 19.3. The predicted octanol–water partition coefficient (Wildman–Crippen LogP) is 2.65. The lowest BCUT2D eigenvalue weighted by Crippen LogP contribution is -2.54. The quantitative estimate of drug-likeness (QED) is 0.751. The summed E-state index contributed by atoms with van der Waals surface area (Å²) >= 11 is 1.75. The van der Waals surface area contributed by atoms with E-state index in [0.717, 1.165) is 25.1 Å². The predicted molar refractivity (Wildman–Crippen MR) is 107 cm³/mol. The Morgan fingerprint density at radius 2 is 1.93 bits per heavy atom. The van der Waals surface area contributed by atoms with Crippen molar-refractivity contribution in [3.05, 3.63) is 29.8 Å². The van der Waals surface area contributed by atoms with Gasteiger partial charge < -0.3 is 19.7 Å². The maximum atomic E-state index is 12.9. The molecule has 1 amide bonds. The van der Waals surface area contributed by atoms with E-state index in [-0.39, 0.29) is 17.6 Å². The summed E-state index contributed by atoms with van der Waals surface area (Å²) in [5.41, 5.74) is 1.35. The molecular formula is C20H28N2O4S. The molecule has 2 aliphatic rings. The number of rotatable bonds is 6. The normalized spacial score (nSPS) is 22.0. The molecule has 3 rings (SSSR count). The van der Waals surface area contributed by atoms with Gasteiger partial charge in [-0.3, -0.25) is 9.59 Å². The van der Waals surface area contributed by atoms with Crippen molar-refractivity contribution in [2.45, 2.75) is 25.0 Å². The maximum Gasteiger partial charge on any atom is 0.233 e. The molecule has 0 saturated carbocycles. The van der Waals surface area contributed by atoms with Crippen LogP contribution >= 0.6 is 11.8 Å². The first kappa shape index (κ1) is 20.3. The molecule has 1 spiro atoms. The van der Waals surface area contributed by atoms with E-state index >= 15 is 0 Å². The van der Waals surface area contributed by atoms with Crippen LogP contribution in [0, 0.1) is 5.92 Å². The molecule has 2 heterocycles. The van der Waals surface area contributed by atoms with Gasteiger partial charge in [0.1, 0.15) is 5.92 Å². The second kappa shape index (κ2) is 9.19.